The molecule has 2 nitrogen and oxygen atoms in total. The summed E-state index contributed by atoms with van der Waals surface area (Å²) in [6, 6.07) is 4.62. The summed E-state index contributed by atoms with van der Waals surface area (Å²) in [6.45, 7) is 13.0. The molecule has 202 valence electrons. The quantitative estimate of drug-likeness (QED) is 0.0639. The zero-order valence-electron chi connectivity index (χ0n) is 23.9. The smallest absolute Gasteiger partial charge is 0.157 e. The van der Waals surface area contributed by atoms with Crippen molar-refractivity contribution in [2.24, 2.45) is 0 Å². The van der Waals surface area contributed by atoms with Gasteiger partial charge in [-0.2, -0.15) is 0 Å². The number of unbranched alkanes of at least 4 members (excludes halogenated alkanes) is 10. The summed E-state index contributed by atoms with van der Waals surface area (Å²) >= 11 is 0. The van der Waals surface area contributed by atoms with Crippen LogP contribution in [0.15, 0.2) is 24.3 Å². The molecule has 0 fully saturated rings. The van der Waals surface area contributed by atoms with Gasteiger partial charge < -0.3 is 9.47 Å². The van der Waals surface area contributed by atoms with Crippen molar-refractivity contribution in [1.29, 1.82) is 0 Å². The van der Waals surface area contributed by atoms with E-state index in [1.165, 1.54) is 113 Å². The Labute approximate surface area is 220 Å². The van der Waals surface area contributed by atoms with Crippen molar-refractivity contribution in [3.8, 4) is 0 Å². The van der Waals surface area contributed by atoms with E-state index in [0.717, 1.165) is 28.2 Å². The van der Waals surface area contributed by atoms with Crippen LogP contribution in [0.3, 0.4) is 0 Å². The van der Waals surface area contributed by atoms with Crippen LogP contribution >= 0.6 is 8.58 Å². The topological polar surface area (TPSA) is 18.5 Å². The van der Waals surface area contributed by atoms with Crippen LogP contribution in [-0.4, -0.2) is 25.7 Å². The number of hydrogen-bond donors (Lipinski definition) is 0. The lowest BCUT2D eigenvalue weighted by atomic mass is 10.1. The van der Waals surface area contributed by atoms with Gasteiger partial charge >= 0.3 is 0 Å². The Morgan fingerprint density at radius 3 is 1.91 bits per heavy atom. The van der Waals surface area contributed by atoms with Crippen molar-refractivity contribution < 1.29 is 9.47 Å². The van der Waals surface area contributed by atoms with E-state index in [1.54, 1.807) is 5.30 Å². The van der Waals surface area contributed by atoms with E-state index < -0.39 is 0 Å². The fourth-order valence-electron chi connectivity index (χ4n) is 4.28. The Hall–Kier alpha value is -0.690. The van der Waals surface area contributed by atoms with Crippen LogP contribution in [0, 0.1) is 20.8 Å². The second-order valence-electron chi connectivity index (χ2n) is 10.2. The third kappa shape index (κ3) is 16.6. The van der Waals surface area contributed by atoms with Gasteiger partial charge in [-0.1, -0.05) is 91.7 Å². The summed E-state index contributed by atoms with van der Waals surface area (Å²) in [7, 11) is 0.946. The van der Waals surface area contributed by atoms with Gasteiger partial charge in [-0.15, -0.1) is 0 Å². The SMILES string of the molecule is CCCCCCOC(CCCCCC=CCCCPc1ccc(C)c(C)c1C)OCCCCCC. The molecule has 0 N–H and O–H groups in total. The molecule has 0 radical (unpaired) electrons. The van der Waals surface area contributed by atoms with Gasteiger partial charge in [0.15, 0.2) is 6.29 Å². The number of hydrogen-bond acceptors (Lipinski definition) is 2. The maximum Gasteiger partial charge on any atom is 0.157 e. The van der Waals surface area contributed by atoms with Crippen molar-refractivity contribution in [1.82, 2.24) is 0 Å². The summed E-state index contributed by atoms with van der Waals surface area (Å²) in [5, 5.41) is 1.56. The van der Waals surface area contributed by atoms with Crippen LogP contribution < -0.4 is 5.30 Å². The first-order valence-electron chi connectivity index (χ1n) is 14.8. The second-order valence-corrected chi connectivity index (χ2v) is 11.5. The van der Waals surface area contributed by atoms with E-state index in [9.17, 15) is 0 Å². The third-order valence-corrected chi connectivity index (χ3v) is 8.53. The van der Waals surface area contributed by atoms with Crippen LogP contribution in [0.5, 0.6) is 0 Å². The lowest BCUT2D eigenvalue weighted by Crippen LogP contribution is -2.19. The minimum absolute atomic E-state index is 0.00980. The Bertz CT molecular complexity index is 641. The molecule has 0 aliphatic rings. The van der Waals surface area contributed by atoms with Crippen molar-refractivity contribution >= 4 is 13.9 Å². The van der Waals surface area contributed by atoms with Crippen LogP contribution in [0.2, 0.25) is 0 Å². The highest BCUT2D eigenvalue weighted by Crippen LogP contribution is 2.20. The molecule has 0 saturated heterocycles. The summed E-state index contributed by atoms with van der Waals surface area (Å²) in [6.07, 6.45) is 24.7. The molecule has 0 spiro atoms. The van der Waals surface area contributed by atoms with Crippen LogP contribution in [0.1, 0.15) is 127 Å². The van der Waals surface area contributed by atoms with E-state index >= 15 is 0 Å². The van der Waals surface area contributed by atoms with E-state index in [-0.39, 0.29) is 6.29 Å². The average Bonchev–Trinajstić information content (AvgIpc) is 2.86. The highest BCUT2D eigenvalue weighted by atomic mass is 31.1. The zero-order chi connectivity index (χ0) is 25.6. The largest absolute Gasteiger partial charge is 0.353 e. The number of allylic oxidation sites excluding steroid dienone is 2. The maximum atomic E-state index is 6.09. The van der Waals surface area contributed by atoms with E-state index in [2.05, 4.69) is 58.9 Å². The van der Waals surface area contributed by atoms with Gasteiger partial charge in [0.05, 0.1) is 0 Å². The number of rotatable bonds is 23. The normalized spacial score (nSPS) is 12.2. The lowest BCUT2D eigenvalue weighted by molar-refractivity contribution is -0.148. The average molecular weight is 505 g/mol. The van der Waals surface area contributed by atoms with Crippen molar-refractivity contribution in [2.75, 3.05) is 19.4 Å². The molecule has 0 aliphatic carbocycles. The molecule has 0 saturated carbocycles. The fourth-order valence-corrected chi connectivity index (χ4v) is 5.58. The molecule has 1 rings (SSSR count). The van der Waals surface area contributed by atoms with Crippen molar-refractivity contribution in [3.63, 3.8) is 0 Å². The minimum Gasteiger partial charge on any atom is -0.353 e. The molecule has 0 bridgehead atoms. The first kappa shape index (κ1) is 32.3. The molecular formula is C32H57O2P. The summed E-state index contributed by atoms with van der Waals surface area (Å²) in [4.78, 5) is 0. The summed E-state index contributed by atoms with van der Waals surface area (Å²) in [5.41, 5.74) is 4.39. The first-order valence-corrected chi connectivity index (χ1v) is 16.0. The Balaban J connectivity index is 2.11. The van der Waals surface area contributed by atoms with Crippen molar-refractivity contribution in [3.05, 3.63) is 41.0 Å². The molecule has 35 heavy (non-hydrogen) atoms. The van der Waals surface area contributed by atoms with E-state index in [4.69, 9.17) is 9.47 Å². The molecule has 1 aromatic rings. The molecule has 1 atom stereocenters. The molecular weight excluding hydrogens is 447 g/mol. The van der Waals surface area contributed by atoms with E-state index in [0.29, 0.717) is 0 Å². The standard InChI is InChI=1S/C32H57O2P/c1-6-8-10-19-25-33-32(34-26-20-11-9-7-2)22-18-16-14-12-13-15-17-21-27-35-31-24-23-28(3)29(4)30(31)5/h13,15,23-24,32,35H,6-12,14,16-22,25-27H2,1-5H3. The summed E-state index contributed by atoms with van der Waals surface area (Å²) < 4.78 is 12.2. The highest BCUT2D eigenvalue weighted by molar-refractivity contribution is 7.47. The van der Waals surface area contributed by atoms with Crippen LogP contribution in [0.4, 0.5) is 0 Å². The predicted molar refractivity (Wildman–Crippen MR) is 159 cm³/mol. The molecule has 1 unspecified atom stereocenters. The predicted octanol–water partition coefficient (Wildman–Crippen LogP) is 9.72. The van der Waals surface area contributed by atoms with Gasteiger partial charge in [0.1, 0.15) is 0 Å². The minimum atomic E-state index is 0.00980. The van der Waals surface area contributed by atoms with Gasteiger partial charge in [0.2, 0.25) is 0 Å². The van der Waals surface area contributed by atoms with Gasteiger partial charge in [0.25, 0.3) is 0 Å². The summed E-state index contributed by atoms with van der Waals surface area (Å²) in [5.74, 6) is 0. The Morgan fingerprint density at radius 2 is 1.29 bits per heavy atom. The van der Waals surface area contributed by atoms with Gasteiger partial charge in [0, 0.05) is 13.2 Å². The third-order valence-electron chi connectivity index (χ3n) is 7.00. The lowest BCUT2D eigenvalue weighted by Gasteiger charge is -2.19. The first-order chi connectivity index (χ1) is 17.1. The monoisotopic (exact) mass is 504 g/mol. The molecule has 0 aromatic heterocycles. The molecule has 3 heteroatoms. The van der Waals surface area contributed by atoms with Gasteiger partial charge in [-0.25, -0.2) is 0 Å². The molecule has 0 amide bonds. The molecule has 0 aliphatic heterocycles. The molecule has 0 heterocycles. The van der Waals surface area contributed by atoms with Crippen molar-refractivity contribution in [2.45, 2.75) is 137 Å². The Kier molecular flexibility index (Phi) is 20.8. The Morgan fingerprint density at radius 1 is 0.686 bits per heavy atom. The second kappa shape index (κ2) is 22.5. The molecule has 1 aromatic carbocycles. The van der Waals surface area contributed by atoms with Crippen LogP contribution in [0.25, 0.3) is 0 Å². The number of aryl methyl sites for hydroxylation is 1. The zero-order valence-corrected chi connectivity index (χ0v) is 24.9. The van der Waals surface area contributed by atoms with Gasteiger partial charge in [-0.3, -0.25) is 0 Å². The number of ether oxygens (including phenoxy) is 2. The fraction of sp³-hybridized carbons (Fsp3) is 0.750. The number of benzene rings is 1. The van der Waals surface area contributed by atoms with Crippen LogP contribution in [-0.2, 0) is 9.47 Å². The van der Waals surface area contributed by atoms with E-state index in [1.807, 2.05) is 0 Å². The maximum absolute atomic E-state index is 6.09. The van der Waals surface area contributed by atoms with Gasteiger partial charge in [-0.05, 0) is 100 Å². The highest BCUT2D eigenvalue weighted by Gasteiger charge is 2.09.